The monoisotopic (exact) mass is 420 g/mol. The number of hydrogen-bond donors (Lipinski definition) is 1. The first kappa shape index (κ1) is 18.3. The van der Waals surface area contributed by atoms with Crippen molar-refractivity contribution in [1.29, 1.82) is 0 Å². The quantitative estimate of drug-likeness (QED) is 0.687. The van der Waals surface area contributed by atoms with Crippen LogP contribution in [0, 0.1) is 0 Å². The normalized spacial score (nSPS) is 22.0. The first-order chi connectivity index (χ1) is 15.1. The molecule has 160 valence electrons. The Bertz CT molecular complexity index is 1170. The van der Waals surface area contributed by atoms with Crippen LogP contribution in [0.15, 0.2) is 24.8 Å². The van der Waals surface area contributed by atoms with Crippen LogP contribution in [0.4, 0.5) is 5.82 Å². The van der Waals surface area contributed by atoms with Gasteiger partial charge < -0.3 is 19.5 Å². The van der Waals surface area contributed by atoms with Gasteiger partial charge in [-0.2, -0.15) is 5.10 Å². The molecule has 2 fully saturated rings. The van der Waals surface area contributed by atoms with Gasteiger partial charge >= 0.3 is 0 Å². The van der Waals surface area contributed by atoms with Crippen LogP contribution in [0.3, 0.4) is 0 Å². The summed E-state index contributed by atoms with van der Waals surface area (Å²) in [6.07, 6.45) is 7.24. The first-order valence-electron chi connectivity index (χ1n) is 10.8. The molecular weight excluding hydrogens is 396 g/mol. The van der Waals surface area contributed by atoms with Crippen molar-refractivity contribution >= 4 is 11.7 Å². The smallest absolute Gasteiger partial charge is 0.242 e. The minimum absolute atomic E-state index is 0.0841. The second-order valence-electron chi connectivity index (χ2n) is 8.55. The zero-order chi connectivity index (χ0) is 21.1. The Morgan fingerprint density at radius 3 is 3.00 bits per heavy atom. The zero-order valence-corrected chi connectivity index (χ0v) is 17.5. The molecule has 2 atom stereocenters. The van der Waals surface area contributed by atoms with Crippen LogP contribution in [0.2, 0.25) is 0 Å². The number of fused-ring (bicyclic) bond motifs is 5. The largest absolute Gasteiger partial charge is 0.491 e. The molecule has 10 heteroatoms. The van der Waals surface area contributed by atoms with Crippen LogP contribution in [0.5, 0.6) is 5.75 Å². The van der Waals surface area contributed by atoms with Crippen LogP contribution in [-0.2, 0) is 11.3 Å². The fourth-order valence-electron chi connectivity index (χ4n) is 4.85. The fraction of sp³-hybridized carbons (Fsp3) is 0.476. The van der Waals surface area contributed by atoms with Gasteiger partial charge in [0.05, 0.1) is 12.1 Å². The maximum absolute atomic E-state index is 12.3. The van der Waals surface area contributed by atoms with Gasteiger partial charge in [-0.05, 0) is 26.7 Å². The van der Waals surface area contributed by atoms with Crippen LogP contribution >= 0.6 is 0 Å². The lowest BCUT2D eigenvalue weighted by atomic mass is 10.2. The van der Waals surface area contributed by atoms with Gasteiger partial charge in [-0.1, -0.05) is 0 Å². The second-order valence-corrected chi connectivity index (χ2v) is 8.55. The molecule has 0 saturated carbocycles. The molecule has 6 rings (SSSR count). The number of piperazine rings is 1. The van der Waals surface area contributed by atoms with E-state index in [1.54, 1.807) is 6.33 Å². The van der Waals surface area contributed by atoms with Crippen LogP contribution in [0.25, 0.3) is 22.9 Å². The molecule has 0 aliphatic carbocycles. The van der Waals surface area contributed by atoms with Crippen LogP contribution < -0.4 is 15.0 Å². The summed E-state index contributed by atoms with van der Waals surface area (Å²) in [6, 6.07) is 2.29. The number of nitrogens with zero attached hydrogens (tertiary/aromatic N) is 7. The number of aromatic nitrogens is 6. The molecule has 2 bridgehead atoms. The molecule has 31 heavy (non-hydrogen) atoms. The molecule has 3 aromatic rings. The number of nitrogens with one attached hydrogen (secondary N) is 1. The highest BCUT2D eigenvalue weighted by Gasteiger charge is 2.42. The van der Waals surface area contributed by atoms with Crippen molar-refractivity contribution < 1.29 is 9.53 Å². The van der Waals surface area contributed by atoms with E-state index in [-0.39, 0.29) is 24.0 Å². The predicted octanol–water partition coefficient (Wildman–Crippen LogP) is 1.64. The van der Waals surface area contributed by atoms with Crippen molar-refractivity contribution in [2.45, 2.75) is 51.4 Å². The maximum Gasteiger partial charge on any atom is 0.242 e. The number of carbonyl (C=O) groups is 1. The number of ether oxygens (including phenoxy) is 1. The summed E-state index contributed by atoms with van der Waals surface area (Å²) in [5, 5.41) is 7.32. The van der Waals surface area contributed by atoms with E-state index < -0.39 is 0 Å². The Balaban J connectivity index is 1.40. The Morgan fingerprint density at radius 1 is 1.23 bits per heavy atom. The lowest BCUT2D eigenvalue weighted by Crippen LogP contribution is -2.55. The van der Waals surface area contributed by atoms with E-state index in [2.05, 4.69) is 38.7 Å². The Kier molecular flexibility index (Phi) is 4.02. The lowest BCUT2D eigenvalue weighted by Gasteiger charge is -2.35. The highest BCUT2D eigenvalue weighted by molar-refractivity contribution is 5.87. The molecule has 1 amide bonds. The Hall–Kier alpha value is -3.43. The van der Waals surface area contributed by atoms with E-state index in [9.17, 15) is 4.79 Å². The molecule has 3 aliphatic rings. The van der Waals surface area contributed by atoms with E-state index in [4.69, 9.17) is 14.7 Å². The second kappa shape index (κ2) is 6.79. The van der Waals surface area contributed by atoms with Gasteiger partial charge in [-0.15, -0.1) is 0 Å². The topological polar surface area (TPSA) is 103 Å². The molecule has 0 radical (unpaired) electrons. The zero-order valence-electron chi connectivity index (χ0n) is 17.5. The van der Waals surface area contributed by atoms with Crippen molar-refractivity contribution in [2.24, 2.45) is 0 Å². The van der Waals surface area contributed by atoms with Gasteiger partial charge in [0.2, 0.25) is 5.91 Å². The third kappa shape index (κ3) is 2.81. The fourth-order valence-corrected chi connectivity index (χ4v) is 4.85. The summed E-state index contributed by atoms with van der Waals surface area (Å²) in [5.41, 5.74) is 1.63. The van der Waals surface area contributed by atoms with Crippen molar-refractivity contribution in [2.75, 3.05) is 18.1 Å². The van der Waals surface area contributed by atoms with Crippen LogP contribution in [-0.4, -0.2) is 60.4 Å². The van der Waals surface area contributed by atoms with Crippen molar-refractivity contribution in [3.05, 3.63) is 24.8 Å². The summed E-state index contributed by atoms with van der Waals surface area (Å²) in [7, 11) is 0. The summed E-state index contributed by atoms with van der Waals surface area (Å²) in [5.74, 6) is 3.18. The summed E-state index contributed by atoms with van der Waals surface area (Å²) in [4.78, 5) is 28.5. The number of hydrogen-bond acceptors (Lipinski definition) is 7. The van der Waals surface area contributed by atoms with Gasteiger partial charge in [0.15, 0.2) is 5.82 Å². The molecule has 1 N–H and O–H groups in total. The minimum Gasteiger partial charge on any atom is -0.491 e. The molecule has 10 nitrogen and oxygen atoms in total. The maximum atomic E-state index is 12.3. The molecule has 6 heterocycles. The van der Waals surface area contributed by atoms with E-state index in [1.165, 1.54) is 0 Å². The van der Waals surface area contributed by atoms with E-state index in [0.29, 0.717) is 19.7 Å². The van der Waals surface area contributed by atoms with Crippen molar-refractivity contribution in [3.8, 4) is 28.7 Å². The molecule has 3 aromatic heterocycles. The molecule has 0 spiro atoms. The summed E-state index contributed by atoms with van der Waals surface area (Å²) in [6.45, 7) is 6.02. The molecule has 2 saturated heterocycles. The van der Waals surface area contributed by atoms with Crippen molar-refractivity contribution in [1.82, 2.24) is 34.6 Å². The Labute approximate surface area is 179 Å². The molecule has 0 aromatic carbocycles. The number of imidazole rings is 1. The number of pyridine rings is 1. The van der Waals surface area contributed by atoms with Gasteiger partial charge in [0, 0.05) is 37.1 Å². The van der Waals surface area contributed by atoms with E-state index >= 15 is 0 Å². The first-order valence-corrected chi connectivity index (χ1v) is 10.8. The lowest BCUT2D eigenvalue weighted by molar-refractivity contribution is -0.122. The van der Waals surface area contributed by atoms with Gasteiger partial charge in [0.1, 0.15) is 42.1 Å². The number of amides is 1. The standard InChI is InChI=1S/C21H24N8O2/c1-12(2)29-20(24-11-25-29)15-10-27-5-6-31-17-7-18(22-9-14(17)19(27)26-15)28-13-3-4-16(28)21(30)23-8-13/h7,9-13,16H,3-6,8H2,1-2H3,(H,23,30). The average molecular weight is 420 g/mol. The minimum atomic E-state index is -0.147. The number of anilines is 1. The van der Waals surface area contributed by atoms with E-state index in [1.807, 2.05) is 23.1 Å². The molecular formula is C21H24N8O2. The Morgan fingerprint density at radius 2 is 2.13 bits per heavy atom. The van der Waals surface area contributed by atoms with Crippen LogP contribution in [0.1, 0.15) is 32.7 Å². The van der Waals surface area contributed by atoms with Crippen molar-refractivity contribution in [3.63, 3.8) is 0 Å². The average Bonchev–Trinajstić information content (AvgIpc) is 3.45. The van der Waals surface area contributed by atoms with Gasteiger partial charge in [-0.25, -0.2) is 19.6 Å². The SMILES string of the molecule is CC(C)n1ncnc1-c1cn2c(n1)-c1cnc(N3C4CCC3C(=O)NC4)cc1OCC2. The van der Waals surface area contributed by atoms with Gasteiger partial charge in [-0.3, -0.25) is 4.79 Å². The predicted molar refractivity (Wildman–Crippen MR) is 113 cm³/mol. The highest BCUT2D eigenvalue weighted by atomic mass is 16.5. The molecule has 3 aliphatic heterocycles. The highest BCUT2D eigenvalue weighted by Crippen LogP contribution is 2.38. The van der Waals surface area contributed by atoms with E-state index in [0.717, 1.165) is 47.3 Å². The molecule has 2 unspecified atom stereocenters. The van der Waals surface area contributed by atoms with Gasteiger partial charge in [0.25, 0.3) is 0 Å². The number of rotatable bonds is 3. The third-order valence-corrected chi connectivity index (χ3v) is 6.33. The summed E-state index contributed by atoms with van der Waals surface area (Å²) < 4.78 is 10.0. The number of carbonyl (C=O) groups excluding carboxylic acids is 1. The third-order valence-electron chi connectivity index (χ3n) is 6.33. The summed E-state index contributed by atoms with van der Waals surface area (Å²) >= 11 is 0.